The average Bonchev–Trinajstić information content (AvgIpc) is 2.39. The molecule has 5 heteroatoms. The SMILES string of the molecule is CCOC(OCC)C(O)(Cl)C(C)Nc1ccccc1. The van der Waals surface area contributed by atoms with E-state index in [2.05, 4.69) is 5.32 Å². The van der Waals surface area contributed by atoms with E-state index in [4.69, 9.17) is 21.1 Å². The highest BCUT2D eigenvalue weighted by Crippen LogP contribution is 2.27. The zero-order valence-electron chi connectivity index (χ0n) is 11.6. The normalized spacial score (nSPS) is 16.1. The molecule has 0 saturated heterocycles. The van der Waals surface area contributed by atoms with E-state index in [9.17, 15) is 5.11 Å². The molecule has 0 aliphatic heterocycles. The minimum Gasteiger partial charge on any atom is -0.378 e. The second kappa shape index (κ2) is 7.70. The van der Waals surface area contributed by atoms with Crippen molar-refractivity contribution in [2.75, 3.05) is 18.5 Å². The van der Waals surface area contributed by atoms with Gasteiger partial charge in [-0.25, -0.2) is 0 Å². The number of anilines is 1. The molecule has 0 aromatic heterocycles. The highest BCUT2D eigenvalue weighted by Gasteiger charge is 2.42. The van der Waals surface area contributed by atoms with E-state index in [1.54, 1.807) is 6.92 Å². The molecule has 0 amide bonds. The summed E-state index contributed by atoms with van der Waals surface area (Å²) in [4.78, 5) is 0. The number of para-hydroxylation sites is 1. The Kier molecular flexibility index (Phi) is 6.58. The van der Waals surface area contributed by atoms with Crippen molar-refractivity contribution in [1.82, 2.24) is 0 Å². The van der Waals surface area contributed by atoms with Crippen molar-refractivity contribution in [3.63, 3.8) is 0 Å². The van der Waals surface area contributed by atoms with E-state index in [1.165, 1.54) is 0 Å². The Hall–Kier alpha value is -0.810. The van der Waals surface area contributed by atoms with E-state index in [-0.39, 0.29) is 0 Å². The number of halogens is 1. The Balaban J connectivity index is 2.73. The Bertz CT molecular complexity index is 353. The number of hydrogen-bond acceptors (Lipinski definition) is 4. The lowest BCUT2D eigenvalue weighted by Crippen LogP contribution is -2.52. The predicted octanol–water partition coefficient (Wildman–Crippen LogP) is 2.81. The van der Waals surface area contributed by atoms with Crippen LogP contribution in [0.25, 0.3) is 0 Å². The number of rotatable bonds is 8. The summed E-state index contributed by atoms with van der Waals surface area (Å²) in [6.45, 7) is 6.27. The molecule has 0 radical (unpaired) electrons. The van der Waals surface area contributed by atoms with Crippen LogP contribution >= 0.6 is 11.6 Å². The lowest BCUT2D eigenvalue weighted by atomic mass is 10.1. The van der Waals surface area contributed by atoms with Crippen LogP contribution in [0.4, 0.5) is 5.69 Å². The van der Waals surface area contributed by atoms with Crippen LogP contribution in [0, 0.1) is 0 Å². The van der Waals surface area contributed by atoms with Gasteiger partial charge in [0.15, 0.2) is 0 Å². The monoisotopic (exact) mass is 287 g/mol. The van der Waals surface area contributed by atoms with Crippen molar-refractivity contribution in [2.45, 2.75) is 38.2 Å². The third-order valence-corrected chi connectivity index (χ3v) is 3.24. The highest BCUT2D eigenvalue weighted by molar-refractivity contribution is 6.23. The van der Waals surface area contributed by atoms with E-state index < -0.39 is 17.4 Å². The zero-order chi connectivity index (χ0) is 14.3. The third-order valence-electron chi connectivity index (χ3n) is 2.73. The first-order chi connectivity index (χ1) is 9.02. The second-order valence-electron chi connectivity index (χ2n) is 4.20. The minimum atomic E-state index is -1.65. The molecule has 1 rings (SSSR count). The van der Waals surface area contributed by atoms with Crippen molar-refractivity contribution < 1.29 is 14.6 Å². The van der Waals surface area contributed by atoms with Gasteiger partial charge in [0.05, 0.1) is 6.04 Å². The fourth-order valence-electron chi connectivity index (χ4n) is 1.67. The first-order valence-electron chi connectivity index (χ1n) is 6.48. The number of benzene rings is 1. The Morgan fingerprint density at radius 1 is 1.21 bits per heavy atom. The van der Waals surface area contributed by atoms with Gasteiger partial charge in [0.1, 0.15) is 0 Å². The molecule has 0 aliphatic carbocycles. The first kappa shape index (κ1) is 16.2. The smallest absolute Gasteiger partial charge is 0.209 e. The summed E-state index contributed by atoms with van der Waals surface area (Å²) in [5, 5.41) is 11.9. The van der Waals surface area contributed by atoms with Gasteiger partial charge < -0.3 is 19.9 Å². The highest BCUT2D eigenvalue weighted by atomic mass is 35.5. The number of alkyl halides is 1. The van der Waals surface area contributed by atoms with Crippen molar-refractivity contribution in [3.05, 3.63) is 30.3 Å². The summed E-state index contributed by atoms with van der Waals surface area (Å²) < 4.78 is 10.7. The van der Waals surface area contributed by atoms with Crippen LogP contribution in [0.15, 0.2) is 30.3 Å². The van der Waals surface area contributed by atoms with Crippen LogP contribution in [0.5, 0.6) is 0 Å². The molecule has 0 bridgehead atoms. The fraction of sp³-hybridized carbons (Fsp3) is 0.571. The van der Waals surface area contributed by atoms with Gasteiger partial charge in [-0.3, -0.25) is 0 Å². The molecule has 0 heterocycles. The third kappa shape index (κ3) is 4.66. The fourth-order valence-corrected chi connectivity index (χ4v) is 1.85. The lowest BCUT2D eigenvalue weighted by Gasteiger charge is -2.35. The van der Waals surface area contributed by atoms with Gasteiger partial charge in [0, 0.05) is 18.9 Å². The van der Waals surface area contributed by atoms with Gasteiger partial charge in [-0.05, 0) is 32.9 Å². The number of nitrogens with one attached hydrogen (secondary N) is 1. The summed E-state index contributed by atoms with van der Waals surface area (Å²) in [6, 6.07) is 9.10. The van der Waals surface area contributed by atoms with E-state index in [0.717, 1.165) is 5.69 Å². The molecular weight excluding hydrogens is 266 g/mol. The number of hydrogen-bond donors (Lipinski definition) is 2. The van der Waals surface area contributed by atoms with E-state index in [0.29, 0.717) is 13.2 Å². The predicted molar refractivity (Wildman–Crippen MR) is 77.4 cm³/mol. The quantitative estimate of drug-likeness (QED) is 0.570. The average molecular weight is 288 g/mol. The molecule has 0 aliphatic rings. The van der Waals surface area contributed by atoms with Crippen LogP contribution in [0.1, 0.15) is 20.8 Å². The standard InChI is InChI=1S/C14H22ClNO3/c1-4-18-13(19-5-2)14(15,17)11(3)16-12-9-7-6-8-10-12/h6-11,13,16-17H,4-5H2,1-3H3. The number of aliphatic hydroxyl groups is 1. The molecule has 19 heavy (non-hydrogen) atoms. The van der Waals surface area contributed by atoms with Crippen molar-refractivity contribution in [3.8, 4) is 0 Å². The van der Waals surface area contributed by atoms with Gasteiger partial charge in [0.2, 0.25) is 11.4 Å². The van der Waals surface area contributed by atoms with Gasteiger partial charge in [-0.2, -0.15) is 0 Å². The molecular formula is C14H22ClNO3. The summed E-state index contributed by atoms with van der Waals surface area (Å²) in [7, 11) is 0. The largest absolute Gasteiger partial charge is 0.378 e. The zero-order valence-corrected chi connectivity index (χ0v) is 12.4. The Morgan fingerprint density at radius 3 is 2.21 bits per heavy atom. The topological polar surface area (TPSA) is 50.7 Å². The first-order valence-corrected chi connectivity index (χ1v) is 6.86. The molecule has 2 unspecified atom stereocenters. The van der Waals surface area contributed by atoms with Gasteiger partial charge in [-0.15, -0.1) is 0 Å². The summed E-state index contributed by atoms with van der Waals surface area (Å²) in [6.07, 6.45) is -0.879. The molecule has 1 aromatic rings. The van der Waals surface area contributed by atoms with Gasteiger partial charge in [0.25, 0.3) is 0 Å². The Labute approximate surface area is 119 Å². The van der Waals surface area contributed by atoms with Crippen molar-refractivity contribution >= 4 is 17.3 Å². The summed E-state index contributed by atoms with van der Waals surface area (Å²) in [5.41, 5.74) is 0.876. The molecule has 2 atom stereocenters. The number of ether oxygens (including phenoxy) is 2. The molecule has 108 valence electrons. The summed E-state index contributed by atoms with van der Waals surface area (Å²) in [5.74, 6) is 0. The van der Waals surface area contributed by atoms with Gasteiger partial charge in [-0.1, -0.05) is 29.8 Å². The molecule has 0 spiro atoms. The van der Waals surface area contributed by atoms with Crippen LogP contribution in [-0.2, 0) is 9.47 Å². The Morgan fingerprint density at radius 2 is 1.74 bits per heavy atom. The van der Waals surface area contributed by atoms with E-state index in [1.807, 2.05) is 44.2 Å². The summed E-state index contributed by atoms with van der Waals surface area (Å²) >= 11 is 6.20. The molecule has 1 aromatic carbocycles. The molecule has 0 fully saturated rings. The maximum absolute atomic E-state index is 10.4. The van der Waals surface area contributed by atoms with Crippen molar-refractivity contribution in [1.29, 1.82) is 0 Å². The van der Waals surface area contributed by atoms with Crippen molar-refractivity contribution in [2.24, 2.45) is 0 Å². The second-order valence-corrected chi connectivity index (χ2v) is 4.81. The van der Waals surface area contributed by atoms with Crippen LogP contribution in [-0.4, -0.2) is 35.7 Å². The molecule has 4 nitrogen and oxygen atoms in total. The van der Waals surface area contributed by atoms with Crippen LogP contribution < -0.4 is 5.32 Å². The van der Waals surface area contributed by atoms with Crippen LogP contribution in [0.3, 0.4) is 0 Å². The molecule has 0 saturated carbocycles. The minimum absolute atomic E-state index is 0.414. The van der Waals surface area contributed by atoms with E-state index >= 15 is 0 Å². The van der Waals surface area contributed by atoms with Crippen LogP contribution in [0.2, 0.25) is 0 Å². The van der Waals surface area contributed by atoms with Gasteiger partial charge >= 0.3 is 0 Å². The maximum Gasteiger partial charge on any atom is 0.209 e. The molecule has 2 N–H and O–H groups in total. The maximum atomic E-state index is 10.4. The lowest BCUT2D eigenvalue weighted by molar-refractivity contribution is -0.208.